The van der Waals surface area contributed by atoms with Crippen LogP contribution in [0, 0.1) is 0 Å². The Balaban J connectivity index is 1.49. The van der Waals surface area contributed by atoms with Crippen LogP contribution in [-0.4, -0.2) is 28.9 Å². The summed E-state index contributed by atoms with van der Waals surface area (Å²) in [6.45, 7) is 0.224. The standard InChI is InChI=1S/C25H16Cl2N2O6/c26-20-10-7-17(12-21(20)27)29-23(31)19(22(30)28-25(29)34)11-14-3-8-18(9-4-14)35-13-15-1-5-16(6-2-15)24(32)33/h1-12H,13H2,(H,32,33)(H,28,30,34)/b19-11+. The summed E-state index contributed by atoms with van der Waals surface area (Å²) in [5.74, 6) is -2.10. The second-order valence-electron chi connectivity index (χ2n) is 7.42. The van der Waals surface area contributed by atoms with E-state index >= 15 is 0 Å². The van der Waals surface area contributed by atoms with Crippen molar-refractivity contribution in [1.82, 2.24) is 5.32 Å². The van der Waals surface area contributed by atoms with Gasteiger partial charge in [0.15, 0.2) is 0 Å². The number of ether oxygens (including phenoxy) is 1. The molecule has 3 aromatic rings. The Morgan fingerprint density at radius 1 is 0.943 bits per heavy atom. The number of hydrogen-bond acceptors (Lipinski definition) is 5. The number of urea groups is 1. The highest BCUT2D eigenvalue weighted by atomic mass is 35.5. The van der Waals surface area contributed by atoms with Crippen LogP contribution >= 0.6 is 23.2 Å². The van der Waals surface area contributed by atoms with E-state index in [1.54, 1.807) is 36.4 Å². The van der Waals surface area contributed by atoms with E-state index in [2.05, 4.69) is 5.32 Å². The second kappa shape index (κ2) is 10.0. The molecule has 0 aliphatic carbocycles. The fraction of sp³-hybridized carbons (Fsp3) is 0.0400. The maximum atomic E-state index is 13.0. The van der Waals surface area contributed by atoms with Crippen LogP contribution < -0.4 is 15.0 Å². The molecule has 4 amide bonds. The van der Waals surface area contributed by atoms with Gasteiger partial charge >= 0.3 is 12.0 Å². The number of nitrogens with zero attached hydrogens (tertiary/aromatic N) is 1. The number of hydrogen-bond donors (Lipinski definition) is 2. The molecule has 0 saturated carbocycles. The molecule has 0 radical (unpaired) electrons. The summed E-state index contributed by atoms with van der Waals surface area (Å²) in [5, 5.41) is 11.5. The number of aromatic carboxylic acids is 1. The summed E-state index contributed by atoms with van der Waals surface area (Å²) in [6, 6.07) is 16.3. The number of nitrogens with one attached hydrogen (secondary N) is 1. The van der Waals surface area contributed by atoms with Gasteiger partial charge in [-0.15, -0.1) is 0 Å². The molecule has 0 unspecified atom stereocenters. The van der Waals surface area contributed by atoms with Crippen LogP contribution in [0.5, 0.6) is 5.75 Å². The lowest BCUT2D eigenvalue weighted by molar-refractivity contribution is -0.122. The zero-order chi connectivity index (χ0) is 25.1. The highest BCUT2D eigenvalue weighted by molar-refractivity contribution is 6.43. The van der Waals surface area contributed by atoms with E-state index in [1.165, 1.54) is 36.4 Å². The minimum atomic E-state index is -1.00. The number of anilines is 1. The predicted molar refractivity (Wildman–Crippen MR) is 130 cm³/mol. The van der Waals surface area contributed by atoms with E-state index < -0.39 is 23.8 Å². The number of carboxylic acids is 1. The van der Waals surface area contributed by atoms with E-state index in [4.69, 9.17) is 33.0 Å². The predicted octanol–water partition coefficient (Wildman–Crippen LogP) is 4.94. The molecule has 2 N–H and O–H groups in total. The first-order valence-corrected chi connectivity index (χ1v) is 10.9. The first-order valence-electron chi connectivity index (χ1n) is 10.1. The molecule has 1 fully saturated rings. The average Bonchev–Trinajstić information content (AvgIpc) is 2.83. The van der Waals surface area contributed by atoms with E-state index in [0.717, 1.165) is 10.5 Å². The monoisotopic (exact) mass is 510 g/mol. The van der Waals surface area contributed by atoms with Crippen molar-refractivity contribution in [2.75, 3.05) is 4.90 Å². The van der Waals surface area contributed by atoms with Gasteiger partial charge in [0, 0.05) is 0 Å². The molecule has 4 rings (SSSR count). The lowest BCUT2D eigenvalue weighted by Gasteiger charge is -2.26. The molecule has 0 atom stereocenters. The molecule has 3 aromatic carbocycles. The summed E-state index contributed by atoms with van der Waals surface area (Å²) in [7, 11) is 0. The minimum absolute atomic E-state index is 0.153. The van der Waals surface area contributed by atoms with Crippen LogP contribution in [-0.2, 0) is 16.2 Å². The maximum absolute atomic E-state index is 13.0. The Hall–Kier alpha value is -4.14. The summed E-state index contributed by atoms with van der Waals surface area (Å²) in [5.41, 5.74) is 1.44. The van der Waals surface area contributed by atoms with Crippen molar-refractivity contribution in [1.29, 1.82) is 0 Å². The Kier molecular flexibility index (Phi) is 6.86. The van der Waals surface area contributed by atoms with Gasteiger partial charge in [-0.25, -0.2) is 14.5 Å². The van der Waals surface area contributed by atoms with Crippen LogP contribution in [0.4, 0.5) is 10.5 Å². The van der Waals surface area contributed by atoms with Crippen molar-refractivity contribution in [3.63, 3.8) is 0 Å². The van der Waals surface area contributed by atoms with Gasteiger partial charge in [-0.1, -0.05) is 47.5 Å². The van der Waals surface area contributed by atoms with Gasteiger partial charge in [-0.3, -0.25) is 14.9 Å². The third-order valence-electron chi connectivity index (χ3n) is 5.06. The average molecular weight is 511 g/mol. The SMILES string of the molecule is O=C1NC(=O)N(c2ccc(Cl)c(Cl)c2)C(=O)/C1=C/c1ccc(OCc2ccc(C(=O)O)cc2)cc1. The lowest BCUT2D eigenvalue weighted by atomic mass is 10.1. The van der Waals surface area contributed by atoms with Gasteiger partial charge in [-0.05, 0) is 59.7 Å². The Morgan fingerprint density at radius 2 is 1.63 bits per heavy atom. The third kappa shape index (κ3) is 5.34. The third-order valence-corrected chi connectivity index (χ3v) is 5.80. The Morgan fingerprint density at radius 3 is 2.26 bits per heavy atom. The molecule has 0 bridgehead atoms. The van der Waals surface area contributed by atoms with Crippen molar-refractivity contribution < 1.29 is 29.0 Å². The van der Waals surface area contributed by atoms with E-state index in [0.29, 0.717) is 11.3 Å². The summed E-state index contributed by atoms with van der Waals surface area (Å²) in [6.07, 6.45) is 1.36. The highest BCUT2D eigenvalue weighted by Crippen LogP contribution is 2.29. The number of amides is 4. The zero-order valence-corrected chi connectivity index (χ0v) is 19.3. The van der Waals surface area contributed by atoms with Crippen molar-refractivity contribution in [3.05, 3.63) is 99.0 Å². The molecule has 1 aliphatic heterocycles. The zero-order valence-electron chi connectivity index (χ0n) is 17.8. The molecule has 0 spiro atoms. The largest absolute Gasteiger partial charge is 0.489 e. The second-order valence-corrected chi connectivity index (χ2v) is 8.23. The number of carbonyl (C=O) groups is 4. The van der Waals surface area contributed by atoms with Gasteiger partial charge < -0.3 is 9.84 Å². The maximum Gasteiger partial charge on any atom is 0.335 e. The Labute approximate surface area is 209 Å². The number of benzene rings is 3. The number of carbonyl (C=O) groups excluding carboxylic acids is 3. The number of rotatable bonds is 6. The van der Waals surface area contributed by atoms with Crippen LogP contribution in [0.15, 0.2) is 72.3 Å². The highest BCUT2D eigenvalue weighted by Gasteiger charge is 2.37. The normalized spacial score (nSPS) is 14.7. The van der Waals surface area contributed by atoms with E-state index in [9.17, 15) is 19.2 Å². The summed E-state index contributed by atoms with van der Waals surface area (Å²) < 4.78 is 5.70. The van der Waals surface area contributed by atoms with Crippen molar-refractivity contribution in [3.8, 4) is 5.75 Å². The molecular weight excluding hydrogens is 495 g/mol. The molecule has 1 aliphatic rings. The number of barbiturate groups is 1. The first kappa shape index (κ1) is 24.0. The van der Waals surface area contributed by atoms with E-state index in [-0.39, 0.29) is 33.5 Å². The fourth-order valence-corrected chi connectivity index (χ4v) is 3.55. The number of carboxylic acid groups (broad SMARTS) is 1. The molecule has 10 heteroatoms. The number of halogens is 2. The minimum Gasteiger partial charge on any atom is -0.489 e. The number of imide groups is 2. The molecular formula is C25H16Cl2N2O6. The van der Waals surface area contributed by atoms with Crippen LogP contribution in [0.2, 0.25) is 10.0 Å². The summed E-state index contributed by atoms with van der Waals surface area (Å²) in [4.78, 5) is 49.4. The quantitative estimate of drug-likeness (QED) is 0.358. The molecule has 1 heterocycles. The molecule has 1 saturated heterocycles. The lowest BCUT2D eigenvalue weighted by Crippen LogP contribution is -2.54. The molecule has 0 aromatic heterocycles. The van der Waals surface area contributed by atoms with Crippen LogP contribution in [0.3, 0.4) is 0 Å². The van der Waals surface area contributed by atoms with Crippen molar-refractivity contribution in [2.24, 2.45) is 0 Å². The smallest absolute Gasteiger partial charge is 0.335 e. The first-order chi connectivity index (χ1) is 16.7. The topological polar surface area (TPSA) is 113 Å². The molecule has 35 heavy (non-hydrogen) atoms. The van der Waals surface area contributed by atoms with Gasteiger partial charge in [-0.2, -0.15) is 0 Å². The van der Waals surface area contributed by atoms with Crippen LogP contribution in [0.25, 0.3) is 6.08 Å². The van der Waals surface area contributed by atoms with Crippen molar-refractivity contribution >= 4 is 58.8 Å². The van der Waals surface area contributed by atoms with Gasteiger partial charge in [0.05, 0.1) is 21.3 Å². The fourth-order valence-electron chi connectivity index (χ4n) is 3.25. The van der Waals surface area contributed by atoms with Gasteiger partial charge in [0.1, 0.15) is 17.9 Å². The summed E-state index contributed by atoms with van der Waals surface area (Å²) >= 11 is 11.9. The Bertz CT molecular complexity index is 1370. The van der Waals surface area contributed by atoms with E-state index in [1.807, 2.05) is 0 Å². The molecule has 8 nitrogen and oxygen atoms in total. The van der Waals surface area contributed by atoms with Crippen molar-refractivity contribution in [2.45, 2.75) is 6.61 Å². The van der Waals surface area contributed by atoms with Gasteiger partial charge in [0.2, 0.25) is 0 Å². The van der Waals surface area contributed by atoms with Gasteiger partial charge in [0.25, 0.3) is 11.8 Å². The van der Waals surface area contributed by atoms with Crippen LogP contribution in [0.1, 0.15) is 21.5 Å². The molecule has 176 valence electrons.